The molecule has 0 aliphatic carbocycles. The first kappa shape index (κ1) is 15.4. The van der Waals surface area contributed by atoms with E-state index in [1.807, 2.05) is 0 Å². The molecule has 0 saturated carbocycles. The Bertz CT molecular complexity index is 487. The van der Waals surface area contributed by atoms with E-state index in [9.17, 15) is 4.91 Å². The van der Waals surface area contributed by atoms with Crippen LogP contribution in [0.3, 0.4) is 0 Å². The highest BCUT2D eigenvalue weighted by Crippen LogP contribution is 2.27. The van der Waals surface area contributed by atoms with Crippen LogP contribution in [-0.4, -0.2) is 57.6 Å². The minimum absolute atomic E-state index is 0.287. The van der Waals surface area contributed by atoms with Gasteiger partial charge in [0.1, 0.15) is 11.4 Å². The van der Waals surface area contributed by atoms with Gasteiger partial charge < -0.3 is 14.9 Å². The van der Waals surface area contributed by atoms with Crippen molar-refractivity contribution in [2.75, 3.05) is 46.5 Å². The van der Waals surface area contributed by atoms with Gasteiger partial charge in [0.05, 0.1) is 26.5 Å². The van der Waals surface area contributed by atoms with Crippen LogP contribution >= 0.6 is 0 Å². The Balaban J connectivity index is 1.77. The highest BCUT2D eigenvalue weighted by Gasteiger charge is 2.08. The minimum Gasteiger partial charge on any atom is -0.494 e. The number of morpholine rings is 1. The summed E-state index contributed by atoms with van der Waals surface area (Å²) in [6, 6.07) is 5.11. The van der Waals surface area contributed by atoms with E-state index in [2.05, 4.69) is 20.6 Å². The van der Waals surface area contributed by atoms with Gasteiger partial charge in [-0.1, -0.05) is 6.07 Å². The van der Waals surface area contributed by atoms with Crippen molar-refractivity contribution in [3.8, 4) is 5.75 Å². The molecule has 0 atom stereocenters. The van der Waals surface area contributed by atoms with Crippen molar-refractivity contribution in [2.45, 2.75) is 0 Å². The smallest absolute Gasteiger partial charge is 0.149 e. The maximum atomic E-state index is 10.6. The minimum atomic E-state index is 0.287. The quantitative estimate of drug-likeness (QED) is 0.355. The van der Waals surface area contributed by atoms with Gasteiger partial charge in [-0.05, 0) is 22.9 Å². The lowest BCUT2D eigenvalue weighted by atomic mass is 10.2. The van der Waals surface area contributed by atoms with Crippen LogP contribution in [0, 0.1) is 4.91 Å². The number of nitrogens with one attached hydrogen (secondary N) is 1. The molecule has 1 aliphatic rings. The predicted octanol–water partition coefficient (Wildman–Crippen LogP) is 1.35. The topological polar surface area (TPSA) is 75.5 Å². The molecule has 1 heterocycles. The first-order valence-corrected chi connectivity index (χ1v) is 6.91. The maximum absolute atomic E-state index is 10.6. The summed E-state index contributed by atoms with van der Waals surface area (Å²) >= 11 is 0. The first-order chi connectivity index (χ1) is 10.3. The highest BCUT2D eigenvalue weighted by molar-refractivity contribution is 5.81. The second-order valence-electron chi connectivity index (χ2n) is 4.64. The zero-order chi connectivity index (χ0) is 14.9. The summed E-state index contributed by atoms with van der Waals surface area (Å²) in [7, 11) is 1.51. The zero-order valence-corrected chi connectivity index (χ0v) is 12.1. The van der Waals surface area contributed by atoms with Gasteiger partial charge in [-0.2, -0.15) is 5.10 Å². The van der Waals surface area contributed by atoms with Crippen LogP contribution in [0.4, 0.5) is 5.69 Å². The molecule has 7 nitrogen and oxygen atoms in total. The van der Waals surface area contributed by atoms with Crippen LogP contribution < -0.4 is 10.2 Å². The monoisotopic (exact) mass is 292 g/mol. The first-order valence-electron chi connectivity index (χ1n) is 6.91. The molecule has 114 valence electrons. The van der Waals surface area contributed by atoms with Crippen molar-refractivity contribution in [3.63, 3.8) is 0 Å². The molecule has 1 aromatic rings. The number of methoxy groups -OCH3 is 1. The lowest BCUT2D eigenvalue weighted by Crippen LogP contribution is -2.39. The fourth-order valence-electron chi connectivity index (χ4n) is 2.07. The Kier molecular flexibility index (Phi) is 6.11. The van der Waals surface area contributed by atoms with E-state index in [0.717, 1.165) is 45.0 Å². The van der Waals surface area contributed by atoms with E-state index in [0.29, 0.717) is 5.75 Å². The van der Waals surface area contributed by atoms with Gasteiger partial charge in [-0.15, -0.1) is 4.91 Å². The molecule has 1 aromatic carbocycles. The molecule has 1 fully saturated rings. The number of hydrogen-bond acceptors (Lipinski definition) is 7. The number of hydrazone groups is 1. The summed E-state index contributed by atoms with van der Waals surface area (Å²) in [6.07, 6.45) is 1.69. The normalized spacial score (nSPS) is 16.0. The third-order valence-electron chi connectivity index (χ3n) is 3.25. The summed E-state index contributed by atoms with van der Waals surface area (Å²) in [4.78, 5) is 12.9. The number of nitrogens with zero attached hydrogens (tertiary/aromatic N) is 3. The van der Waals surface area contributed by atoms with Crippen molar-refractivity contribution in [1.82, 2.24) is 10.3 Å². The van der Waals surface area contributed by atoms with E-state index in [-0.39, 0.29) is 5.69 Å². The number of ether oxygens (including phenoxy) is 2. The number of rotatable bonds is 7. The molecule has 0 aromatic heterocycles. The summed E-state index contributed by atoms with van der Waals surface area (Å²) in [5.74, 6) is 0.447. The highest BCUT2D eigenvalue weighted by atomic mass is 16.5. The molecule has 1 saturated heterocycles. The third kappa shape index (κ3) is 4.80. The van der Waals surface area contributed by atoms with Gasteiger partial charge in [0, 0.05) is 26.2 Å². The number of nitroso groups, excluding NO2 is 1. The van der Waals surface area contributed by atoms with Gasteiger partial charge in [0.15, 0.2) is 0 Å². The van der Waals surface area contributed by atoms with E-state index in [1.165, 1.54) is 7.11 Å². The summed E-state index contributed by atoms with van der Waals surface area (Å²) in [6.45, 7) is 5.28. The van der Waals surface area contributed by atoms with Crippen LogP contribution in [0.2, 0.25) is 0 Å². The molecule has 1 aliphatic heterocycles. The maximum Gasteiger partial charge on any atom is 0.149 e. The van der Waals surface area contributed by atoms with Gasteiger partial charge in [0.2, 0.25) is 0 Å². The lowest BCUT2D eigenvalue weighted by Gasteiger charge is -2.26. The predicted molar refractivity (Wildman–Crippen MR) is 81.3 cm³/mol. The number of hydrogen-bond donors (Lipinski definition) is 1. The Morgan fingerprint density at radius 1 is 1.43 bits per heavy atom. The molecule has 0 bridgehead atoms. The fourth-order valence-corrected chi connectivity index (χ4v) is 2.07. The van der Waals surface area contributed by atoms with Crippen molar-refractivity contribution in [1.29, 1.82) is 0 Å². The van der Waals surface area contributed by atoms with Crippen LogP contribution in [-0.2, 0) is 4.74 Å². The van der Waals surface area contributed by atoms with Gasteiger partial charge in [-0.3, -0.25) is 4.90 Å². The van der Waals surface area contributed by atoms with Crippen molar-refractivity contribution < 1.29 is 9.47 Å². The van der Waals surface area contributed by atoms with E-state index >= 15 is 0 Å². The molecular formula is C14H20N4O3. The Morgan fingerprint density at radius 2 is 2.24 bits per heavy atom. The summed E-state index contributed by atoms with van der Waals surface area (Å²) in [5.41, 5.74) is 4.14. The molecule has 21 heavy (non-hydrogen) atoms. The van der Waals surface area contributed by atoms with E-state index in [4.69, 9.17) is 9.47 Å². The SMILES string of the molecule is COc1cc(/C=N/NCCN2CCOCC2)ccc1N=O. The molecule has 0 radical (unpaired) electrons. The van der Waals surface area contributed by atoms with Gasteiger partial charge in [-0.25, -0.2) is 0 Å². The average Bonchev–Trinajstić information content (AvgIpc) is 2.55. The molecule has 1 N–H and O–H groups in total. The molecular weight excluding hydrogens is 272 g/mol. The molecule has 0 amide bonds. The van der Waals surface area contributed by atoms with Gasteiger partial charge in [0.25, 0.3) is 0 Å². The molecule has 7 heteroatoms. The van der Waals surface area contributed by atoms with Crippen LogP contribution in [0.25, 0.3) is 0 Å². The van der Waals surface area contributed by atoms with E-state index in [1.54, 1.807) is 24.4 Å². The third-order valence-corrected chi connectivity index (χ3v) is 3.25. The van der Waals surface area contributed by atoms with E-state index < -0.39 is 0 Å². The van der Waals surface area contributed by atoms with Crippen molar-refractivity contribution >= 4 is 11.9 Å². The summed E-state index contributed by atoms with van der Waals surface area (Å²) < 4.78 is 10.4. The fraction of sp³-hybridized carbons (Fsp3) is 0.500. The molecule has 0 spiro atoms. The second-order valence-corrected chi connectivity index (χ2v) is 4.64. The Hall–Kier alpha value is -1.99. The largest absolute Gasteiger partial charge is 0.494 e. The standard InChI is InChI=1S/C14H20N4O3/c1-20-14-10-12(2-3-13(14)17-19)11-16-15-4-5-18-6-8-21-9-7-18/h2-3,10-11,15H,4-9H2,1H3/b16-11+. The second kappa shape index (κ2) is 8.33. The van der Waals surface area contributed by atoms with Crippen LogP contribution in [0.15, 0.2) is 28.5 Å². The van der Waals surface area contributed by atoms with Crippen LogP contribution in [0.1, 0.15) is 5.56 Å². The molecule has 0 unspecified atom stereocenters. The van der Waals surface area contributed by atoms with Crippen molar-refractivity contribution in [2.24, 2.45) is 10.3 Å². The average molecular weight is 292 g/mol. The Labute approximate surface area is 123 Å². The Morgan fingerprint density at radius 3 is 2.95 bits per heavy atom. The lowest BCUT2D eigenvalue weighted by molar-refractivity contribution is 0.0385. The number of benzene rings is 1. The van der Waals surface area contributed by atoms with Crippen LogP contribution in [0.5, 0.6) is 5.75 Å². The summed E-state index contributed by atoms with van der Waals surface area (Å²) in [5, 5.41) is 7.05. The van der Waals surface area contributed by atoms with Gasteiger partial charge >= 0.3 is 0 Å². The molecule has 2 rings (SSSR count). The zero-order valence-electron chi connectivity index (χ0n) is 12.1. The van der Waals surface area contributed by atoms with Crippen molar-refractivity contribution in [3.05, 3.63) is 28.7 Å².